The maximum atomic E-state index is 12.5. The molecule has 2 heterocycles. The maximum Gasteiger partial charge on any atom is 0.433 e. The molecule has 0 bridgehead atoms. The number of aliphatic hydroxyl groups excluding tert-OH is 1. The van der Waals surface area contributed by atoms with Crippen molar-refractivity contribution < 1.29 is 28.2 Å². The van der Waals surface area contributed by atoms with Gasteiger partial charge in [0.15, 0.2) is 5.69 Å². The third-order valence-electron chi connectivity index (χ3n) is 3.05. The molecule has 3 N–H and O–H groups in total. The Bertz CT molecular complexity index is 506. The van der Waals surface area contributed by atoms with Crippen LogP contribution in [0.15, 0.2) is 0 Å². The van der Waals surface area contributed by atoms with Gasteiger partial charge < -0.3 is 15.1 Å². The van der Waals surface area contributed by atoms with Crippen molar-refractivity contribution in [1.29, 1.82) is 0 Å². The summed E-state index contributed by atoms with van der Waals surface area (Å²) in [6.45, 7) is 0.383. The number of nitrogens with one attached hydrogen (secondary N) is 1. The fraction of sp³-hybridized carbons (Fsp3) is 0.600. The summed E-state index contributed by atoms with van der Waals surface area (Å²) in [5.74, 6) is -0.706. The Morgan fingerprint density at radius 1 is 1.53 bits per heavy atom. The van der Waals surface area contributed by atoms with Crippen molar-refractivity contribution in [3.05, 3.63) is 17.0 Å². The predicted molar refractivity (Wildman–Crippen MR) is 56.3 cm³/mol. The van der Waals surface area contributed by atoms with Crippen LogP contribution in [0.4, 0.5) is 13.2 Å². The lowest BCUT2D eigenvalue weighted by molar-refractivity contribution is -0.141. The fourth-order valence-corrected chi connectivity index (χ4v) is 1.94. The Morgan fingerprint density at radius 3 is 2.53 bits per heavy atom. The first-order chi connectivity index (χ1) is 8.68. The number of carbonyl (C=O) groups is 1. The van der Waals surface area contributed by atoms with Crippen molar-refractivity contribution in [1.82, 2.24) is 15.1 Å². The number of alkyl halides is 3. The van der Waals surface area contributed by atoms with Crippen LogP contribution in [0.2, 0.25) is 0 Å². The number of aliphatic hydroxyl groups is 2. The van der Waals surface area contributed by atoms with E-state index in [1.807, 2.05) is 0 Å². The van der Waals surface area contributed by atoms with E-state index in [1.165, 1.54) is 0 Å². The number of rotatable bonds is 2. The van der Waals surface area contributed by atoms with Gasteiger partial charge in [-0.05, 0) is 6.92 Å². The van der Waals surface area contributed by atoms with Crippen LogP contribution in [-0.4, -0.2) is 56.5 Å². The average molecular weight is 279 g/mol. The Hall–Kier alpha value is -1.61. The SMILES string of the molecule is Cc1c(C(=O)N2CC(O)(CO)C2)n[nH]c1C(F)(F)F. The number of hydrogen-bond acceptors (Lipinski definition) is 4. The van der Waals surface area contributed by atoms with Crippen molar-refractivity contribution in [2.75, 3.05) is 19.7 Å². The Morgan fingerprint density at radius 2 is 2.11 bits per heavy atom. The van der Waals surface area contributed by atoms with Crippen molar-refractivity contribution >= 4 is 5.91 Å². The number of β-amino-alcohol motifs (C(OH)–C–C–N with tert-alkyl or cyclic N) is 1. The fourth-order valence-electron chi connectivity index (χ4n) is 1.94. The van der Waals surface area contributed by atoms with Crippen LogP contribution in [0.1, 0.15) is 21.7 Å². The minimum atomic E-state index is -4.60. The first kappa shape index (κ1) is 13.8. The van der Waals surface area contributed by atoms with E-state index < -0.39 is 30.0 Å². The van der Waals surface area contributed by atoms with Gasteiger partial charge in [-0.15, -0.1) is 0 Å². The van der Waals surface area contributed by atoms with Gasteiger partial charge in [-0.2, -0.15) is 18.3 Å². The van der Waals surface area contributed by atoms with E-state index in [0.29, 0.717) is 0 Å². The minimum Gasteiger partial charge on any atom is -0.393 e. The molecule has 0 aromatic carbocycles. The highest BCUT2D eigenvalue weighted by Crippen LogP contribution is 2.32. The van der Waals surface area contributed by atoms with E-state index in [4.69, 9.17) is 5.11 Å². The molecule has 19 heavy (non-hydrogen) atoms. The zero-order valence-electron chi connectivity index (χ0n) is 9.95. The van der Waals surface area contributed by atoms with Gasteiger partial charge in [0.05, 0.1) is 19.7 Å². The first-order valence-corrected chi connectivity index (χ1v) is 5.42. The summed E-state index contributed by atoms with van der Waals surface area (Å²) in [6.07, 6.45) is -4.60. The molecule has 2 rings (SSSR count). The molecule has 1 aromatic rings. The van der Waals surface area contributed by atoms with Gasteiger partial charge in [0.2, 0.25) is 0 Å². The molecular weight excluding hydrogens is 267 g/mol. The van der Waals surface area contributed by atoms with Crippen molar-refractivity contribution in [3.8, 4) is 0 Å². The lowest BCUT2D eigenvalue weighted by Crippen LogP contribution is -2.65. The molecule has 1 saturated heterocycles. The molecule has 106 valence electrons. The number of likely N-dealkylation sites (tertiary alicyclic amines) is 1. The van der Waals surface area contributed by atoms with E-state index in [0.717, 1.165) is 11.8 Å². The number of aromatic nitrogens is 2. The molecule has 1 aliphatic heterocycles. The normalized spacial score (nSPS) is 18.3. The molecule has 0 radical (unpaired) electrons. The quantitative estimate of drug-likeness (QED) is 0.706. The second-order valence-corrected chi connectivity index (χ2v) is 4.61. The number of halogens is 3. The molecule has 6 nitrogen and oxygen atoms in total. The highest BCUT2D eigenvalue weighted by atomic mass is 19.4. The van der Waals surface area contributed by atoms with E-state index in [1.54, 1.807) is 5.10 Å². The summed E-state index contributed by atoms with van der Waals surface area (Å²) in [6, 6.07) is 0. The van der Waals surface area contributed by atoms with Crippen LogP contribution < -0.4 is 0 Å². The number of hydrogen-bond donors (Lipinski definition) is 3. The highest BCUT2D eigenvalue weighted by molar-refractivity contribution is 5.94. The third kappa shape index (κ3) is 2.30. The van der Waals surface area contributed by atoms with E-state index in [-0.39, 0.29) is 24.3 Å². The standard InChI is InChI=1S/C10H12F3N3O3/c1-5-6(14-15-7(5)10(11,12)13)8(18)16-2-9(19,3-16)4-17/h17,19H,2-4H2,1H3,(H,14,15). The van der Waals surface area contributed by atoms with Gasteiger partial charge >= 0.3 is 6.18 Å². The number of amides is 1. The second-order valence-electron chi connectivity index (χ2n) is 4.61. The van der Waals surface area contributed by atoms with Gasteiger partial charge in [-0.1, -0.05) is 0 Å². The largest absolute Gasteiger partial charge is 0.433 e. The van der Waals surface area contributed by atoms with Crippen LogP contribution in [0.5, 0.6) is 0 Å². The number of H-pyrrole nitrogens is 1. The smallest absolute Gasteiger partial charge is 0.393 e. The summed E-state index contributed by atoms with van der Waals surface area (Å²) in [4.78, 5) is 13.0. The van der Waals surface area contributed by atoms with Crippen LogP contribution >= 0.6 is 0 Å². The van der Waals surface area contributed by atoms with Crippen LogP contribution in [-0.2, 0) is 6.18 Å². The summed E-state index contributed by atoms with van der Waals surface area (Å²) >= 11 is 0. The van der Waals surface area contributed by atoms with E-state index in [2.05, 4.69) is 5.10 Å². The average Bonchev–Trinajstić information content (AvgIpc) is 2.65. The second kappa shape index (κ2) is 4.20. The number of carbonyl (C=O) groups excluding carboxylic acids is 1. The lowest BCUT2D eigenvalue weighted by Gasteiger charge is -2.44. The zero-order chi connectivity index (χ0) is 14.4. The number of nitrogens with zero attached hydrogens (tertiary/aromatic N) is 2. The van der Waals surface area contributed by atoms with E-state index >= 15 is 0 Å². The van der Waals surface area contributed by atoms with Gasteiger partial charge in [0.25, 0.3) is 5.91 Å². The van der Waals surface area contributed by atoms with Gasteiger partial charge in [-0.25, -0.2) is 0 Å². The molecule has 9 heteroatoms. The summed E-state index contributed by atoms with van der Waals surface area (Å²) < 4.78 is 37.6. The Labute approximate surface area is 105 Å². The lowest BCUT2D eigenvalue weighted by atomic mass is 9.94. The zero-order valence-corrected chi connectivity index (χ0v) is 9.95. The Kier molecular flexibility index (Phi) is 3.06. The van der Waals surface area contributed by atoms with Crippen LogP contribution in [0.3, 0.4) is 0 Å². The molecule has 0 aliphatic carbocycles. The summed E-state index contributed by atoms with van der Waals surface area (Å²) in [7, 11) is 0. The predicted octanol–water partition coefficient (Wildman–Crippen LogP) is -0.0839. The molecule has 1 aromatic heterocycles. The summed E-state index contributed by atoms with van der Waals surface area (Å²) in [5.41, 5.74) is -3.04. The van der Waals surface area contributed by atoms with Crippen molar-refractivity contribution in [2.24, 2.45) is 0 Å². The Balaban J connectivity index is 2.16. The van der Waals surface area contributed by atoms with Crippen molar-refractivity contribution in [3.63, 3.8) is 0 Å². The summed E-state index contributed by atoms with van der Waals surface area (Å²) in [5, 5.41) is 23.5. The molecule has 0 saturated carbocycles. The third-order valence-corrected chi connectivity index (χ3v) is 3.05. The number of aromatic amines is 1. The molecule has 0 spiro atoms. The topological polar surface area (TPSA) is 89.5 Å². The molecule has 1 aliphatic rings. The maximum absolute atomic E-state index is 12.5. The highest BCUT2D eigenvalue weighted by Gasteiger charge is 2.45. The van der Waals surface area contributed by atoms with Gasteiger partial charge in [-0.3, -0.25) is 9.89 Å². The minimum absolute atomic E-state index is 0.129. The molecular formula is C10H12F3N3O3. The monoisotopic (exact) mass is 279 g/mol. The molecule has 0 atom stereocenters. The van der Waals surface area contributed by atoms with Crippen molar-refractivity contribution in [2.45, 2.75) is 18.7 Å². The van der Waals surface area contributed by atoms with Crippen LogP contribution in [0.25, 0.3) is 0 Å². The molecule has 1 amide bonds. The van der Waals surface area contributed by atoms with E-state index in [9.17, 15) is 23.1 Å². The van der Waals surface area contributed by atoms with Crippen LogP contribution in [0, 0.1) is 6.92 Å². The first-order valence-electron chi connectivity index (χ1n) is 5.42. The van der Waals surface area contributed by atoms with Gasteiger partial charge in [0.1, 0.15) is 11.3 Å². The van der Waals surface area contributed by atoms with Gasteiger partial charge in [0, 0.05) is 5.56 Å². The molecule has 0 unspecified atom stereocenters. The molecule has 1 fully saturated rings.